The maximum atomic E-state index is 12.2. The highest BCUT2D eigenvalue weighted by atomic mass is 79.9. The average molecular weight is 329 g/mol. The summed E-state index contributed by atoms with van der Waals surface area (Å²) in [7, 11) is 0. The number of carbonyl (C=O) groups excluding carboxylic acids is 1. The van der Waals surface area contributed by atoms with Crippen molar-refractivity contribution in [3.8, 4) is 0 Å². The first-order valence-corrected chi connectivity index (χ1v) is 6.89. The summed E-state index contributed by atoms with van der Waals surface area (Å²) in [4.78, 5) is 12.4. The van der Waals surface area contributed by atoms with Crippen molar-refractivity contribution in [2.24, 2.45) is 11.1 Å². The Hall–Kier alpha value is -0.940. The molecule has 0 radical (unpaired) electrons. The summed E-state index contributed by atoms with van der Waals surface area (Å²) in [6.45, 7) is 5.64. The van der Waals surface area contributed by atoms with Gasteiger partial charge in [-0.3, -0.25) is 4.79 Å². The Labute approximate surface area is 121 Å². The molecule has 1 amide bonds. The molecule has 3 N–H and O–H groups in total. The minimum Gasteiger partial charge on any atom is -0.392 e. The molecule has 0 aliphatic carbocycles. The summed E-state index contributed by atoms with van der Waals surface area (Å²) in [5.74, 6) is -0.173. The maximum Gasteiger partial charge on any atom is 0.237 e. The lowest BCUT2D eigenvalue weighted by Gasteiger charge is -2.25. The number of carbonyl (C=O) groups is 1. The lowest BCUT2D eigenvalue weighted by molar-refractivity contribution is -0.121. The van der Waals surface area contributed by atoms with Crippen LogP contribution in [0.5, 0.6) is 0 Å². The van der Waals surface area contributed by atoms with E-state index in [9.17, 15) is 4.79 Å². The van der Waals surface area contributed by atoms with Gasteiger partial charge in [-0.1, -0.05) is 41.1 Å². The van der Waals surface area contributed by atoms with Crippen molar-refractivity contribution in [1.82, 2.24) is 0 Å². The first-order chi connectivity index (χ1) is 8.31. The number of hydrogen-bond donors (Lipinski definition) is 2. The molecule has 0 aromatic heterocycles. The van der Waals surface area contributed by atoms with E-state index in [1.807, 2.05) is 32.0 Å². The van der Waals surface area contributed by atoms with Gasteiger partial charge >= 0.3 is 0 Å². The number of hydrogen-bond acceptors (Lipinski definition) is 2. The molecule has 1 rings (SSSR count). The number of nitrogens with two attached hydrogens (primary N) is 1. The third-order valence-electron chi connectivity index (χ3n) is 3.18. The lowest BCUT2D eigenvalue weighted by Crippen LogP contribution is -2.43. The molecule has 0 aliphatic rings. The van der Waals surface area contributed by atoms with Gasteiger partial charge < -0.3 is 11.1 Å². The molecular weight excluding hydrogens is 312 g/mol. The Bertz CT molecular complexity index is 490. The molecule has 0 aliphatic heterocycles. The number of amides is 1. The molecule has 1 unspecified atom stereocenters. The largest absolute Gasteiger partial charge is 0.392 e. The lowest BCUT2D eigenvalue weighted by atomic mass is 9.86. The molecule has 0 saturated carbocycles. The van der Waals surface area contributed by atoms with E-state index in [1.54, 1.807) is 6.92 Å². The van der Waals surface area contributed by atoms with Gasteiger partial charge in [0.1, 0.15) is 0 Å². The van der Waals surface area contributed by atoms with E-state index in [1.165, 1.54) is 0 Å². The van der Waals surface area contributed by atoms with Gasteiger partial charge in [-0.05, 0) is 38.0 Å². The number of aryl methyl sites for hydroxylation is 1. The average Bonchev–Trinajstić information content (AvgIpc) is 2.32. The van der Waals surface area contributed by atoms with Crippen LogP contribution >= 0.6 is 28.1 Å². The van der Waals surface area contributed by atoms with Crippen molar-refractivity contribution in [3.05, 3.63) is 28.2 Å². The molecule has 5 heteroatoms. The van der Waals surface area contributed by atoms with E-state index in [0.717, 1.165) is 15.7 Å². The van der Waals surface area contributed by atoms with Crippen LogP contribution in [0.1, 0.15) is 25.8 Å². The third kappa shape index (κ3) is 3.09. The molecule has 1 atom stereocenters. The molecular formula is C13H17BrN2OS. The van der Waals surface area contributed by atoms with Gasteiger partial charge in [-0.25, -0.2) is 0 Å². The zero-order valence-corrected chi connectivity index (χ0v) is 13.1. The molecule has 18 heavy (non-hydrogen) atoms. The molecule has 0 spiro atoms. The van der Waals surface area contributed by atoms with Crippen LogP contribution in [0.2, 0.25) is 0 Å². The Kier molecular flexibility index (Phi) is 4.87. The smallest absolute Gasteiger partial charge is 0.237 e. The fourth-order valence-electron chi connectivity index (χ4n) is 1.39. The summed E-state index contributed by atoms with van der Waals surface area (Å²) < 4.78 is 0.953. The number of thiocarbonyl (C=S) groups is 1. The Balaban J connectivity index is 2.93. The van der Waals surface area contributed by atoms with Gasteiger partial charge in [-0.2, -0.15) is 0 Å². The zero-order chi connectivity index (χ0) is 13.9. The Morgan fingerprint density at radius 3 is 2.61 bits per heavy atom. The normalized spacial score (nSPS) is 13.8. The Morgan fingerprint density at radius 2 is 2.17 bits per heavy atom. The molecule has 98 valence electrons. The highest BCUT2D eigenvalue weighted by molar-refractivity contribution is 9.10. The maximum absolute atomic E-state index is 12.2. The minimum atomic E-state index is -0.813. The van der Waals surface area contributed by atoms with Crippen molar-refractivity contribution in [2.75, 3.05) is 5.32 Å². The second-order valence-electron chi connectivity index (χ2n) is 4.47. The second kappa shape index (κ2) is 5.80. The molecule has 0 saturated heterocycles. The number of halogens is 1. The SMILES string of the molecule is CCC(C)(C(=O)Nc1ccc(C)c(Br)c1)C(N)=S. The highest BCUT2D eigenvalue weighted by Gasteiger charge is 2.34. The van der Waals surface area contributed by atoms with Gasteiger partial charge in [0.2, 0.25) is 5.91 Å². The van der Waals surface area contributed by atoms with E-state index in [2.05, 4.69) is 21.2 Å². The van der Waals surface area contributed by atoms with Gasteiger partial charge in [-0.15, -0.1) is 0 Å². The molecule has 0 bridgehead atoms. The summed E-state index contributed by atoms with van der Waals surface area (Å²) in [6, 6.07) is 5.65. The predicted octanol–water partition coefficient (Wildman–Crippen LogP) is 3.40. The summed E-state index contributed by atoms with van der Waals surface area (Å²) in [5.41, 5.74) is 6.68. The minimum absolute atomic E-state index is 0.173. The van der Waals surface area contributed by atoms with E-state index >= 15 is 0 Å². The van der Waals surface area contributed by atoms with Crippen molar-refractivity contribution < 1.29 is 4.79 Å². The fraction of sp³-hybridized carbons (Fsp3) is 0.385. The van der Waals surface area contributed by atoms with Crippen molar-refractivity contribution in [3.63, 3.8) is 0 Å². The van der Waals surface area contributed by atoms with Crippen LogP contribution in [-0.4, -0.2) is 10.9 Å². The van der Waals surface area contributed by atoms with Crippen LogP contribution in [0, 0.1) is 12.3 Å². The monoisotopic (exact) mass is 328 g/mol. The topological polar surface area (TPSA) is 55.1 Å². The van der Waals surface area contributed by atoms with Crippen LogP contribution in [0.15, 0.2) is 22.7 Å². The van der Waals surface area contributed by atoms with Gasteiger partial charge in [0.05, 0.1) is 10.4 Å². The third-order valence-corrected chi connectivity index (χ3v) is 4.49. The highest BCUT2D eigenvalue weighted by Crippen LogP contribution is 2.26. The first kappa shape index (κ1) is 15.1. The van der Waals surface area contributed by atoms with Crippen LogP contribution < -0.4 is 11.1 Å². The van der Waals surface area contributed by atoms with Crippen molar-refractivity contribution in [1.29, 1.82) is 0 Å². The van der Waals surface area contributed by atoms with Crippen LogP contribution in [0.25, 0.3) is 0 Å². The van der Waals surface area contributed by atoms with E-state index in [0.29, 0.717) is 6.42 Å². The van der Waals surface area contributed by atoms with Crippen molar-refractivity contribution >= 4 is 44.7 Å². The molecule has 1 aromatic rings. The quantitative estimate of drug-likeness (QED) is 0.833. The standard InChI is InChI=1S/C13H17BrN2OS/c1-4-13(3,11(15)18)12(17)16-9-6-5-8(2)10(14)7-9/h5-7H,4H2,1-3H3,(H2,15,18)(H,16,17). The second-order valence-corrected chi connectivity index (χ2v) is 5.76. The first-order valence-electron chi connectivity index (χ1n) is 5.68. The van der Waals surface area contributed by atoms with Gasteiger partial charge in [0.25, 0.3) is 0 Å². The summed E-state index contributed by atoms with van der Waals surface area (Å²) in [5, 5.41) is 2.85. The van der Waals surface area contributed by atoms with E-state index < -0.39 is 5.41 Å². The van der Waals surface area contributed by atoms with Gasteiger partial charge in [0.15, 0.2) is 0 Å². The fourth-order valence-corrected chi connectivity index (χ4v) is 2.00. The summed E-state index contributed by atoms with van der Waals surface area (Å²) in [6.07, 6.45) is 0.571. The van der Waals surface area contributed by atoms with Gasteiger partial charge in [0, 0.05) is 10.2 Å². The zero-order valence-electron chi connectivity index (χ0n) is 10.7. The summed E-state index contributed by atoms with van der Waals surface area (Å²) >= 11 is 8.41. The van der Waals surface area contributed by atoms with Crippen LogP contribution in [-0.2, 0) is 4.79 Å². The number of anilines is 1. The van der Waals surface area contributed by atoms with E-state index in [4.69, 9.17) is 18.0 Å². The van der Waals surface area contributed by atoms with Crippen LogP contribution in [0.3, 0.4) is 0 Å². The number of benzene rings is 1. The molecule has 0 heterocycles. The number of nitrogens with one attached hydrogen (secondary N) is 1. The Morgan fingerprint density at radius 1 is 1.56 bits per heavy atom. The molecule has 1 aromatic carbocycles. The molecule has 3 nitrogen and oxygen atoms in total. The predicted molar refractivity (Wildman–Crippen MR) is 82.7 cm³/mol. The van der Waals surface area contributed by atoms with Crippen LogP contribution in [0.4, 0.5) is 5.69 Å². The van der Waals surface area contributed by atoms with E-state index in [-0.39, 0.29) is 10.9 Å². The molecule has 0 fully saturated rings. The number of rotatable bonds is 4. The van der Waals surface area contributed by atoms with Crippen molar-refractivity contribution in [2.45, 2.75) is 27.2 Å².